The molecule has 0 heterocycles. The fourth-order valence-corrected chi connectivity index (χ4v) is 1.90. The summed E-state index contributed by atoms with van der Waals surface area (Å²) in [5.74, 6) is 0.0737. The van der Waals surface area contributed by atoms with Gasteiger partial charge in [0.2, 0.25) is 5.91 Å². The summed E-state index contributed by atoms with van der Waals surface area (Å²) in [6.07, 6.45) is 0.767. The van der Waals surface area contributed by atoms with E-state index < -0.39 is 0 Å². The summed E-state index contributed by atoms with van der Waals surface area (Å²) in [6.45, 7) is 7.90. The molecule has 0 rings (SSSR count). The summed E-state index contributed by atoms with van der Waals surface area (Å²) in [5.41, 5.74) is -0.333. The number of rotatable bonds is 3. The number of nitrogens with one attached hydrogen (secondary N) is 1. The Kier molecular flexibility index (Phi) is 3.63. The molecule has 0 aromatic rings. The molecule has 12 heavy (non-hydrogen) atoms. The maximum Gasteiger partial charge on any atom is 0.225 e. The topological polar surface area (TPSA) is 29.1 Å². The first kappa shape index (κ1) is 11.8. The minimum absolute atomic E-state index is 0.0737. The third-order valence-electron chi connectivity index (χ3n) is 1.72. The van der Waals surface area contributed by atoms with Crippen molar-refractivity contribution in [2.75, 3.05) is 7.05 Å². The predicted molar refractivity (Wildman–Crippen MR) is 55.5 cm³/mol. The van der Waals surface area contributed by atoms with Gasteiger partial charge in [-0.1, -0.05) is 27.7 Å². The van der Waals surface area contributed by atoms with Crippen LogP contribution in [0.4, 0.5) is 0 Å². The van der Waals surface area contributed by atoms with E-state index in [-0.39, 0.29) is 16.1 Å². The molecule has 72 valence electrons. The predicted octanol–water partition coefficient (Wildman–Crippen LogP) is 1.86. The SMILES string of the molecule is CNC(=O)C(C)(C)CC(C)(C)S. The van der Waals surface area contributed by atoms with E-state index in [1.165, 1.54) is 0 Å². The standard InChI is InChI=1S/C9H19NOS/c1-8(2,7(11)10-5)6-9(3,4)12/h12H,6H2,1-5H3,(H,10,11). The van der Waals surface area contributed by atoms with Crippen LogP contribution in [0, 0.1) is 5.41 Å². The lowest BCUT2D eigenvalue weighted by molar-refractivity contribution is -0.129. The van der Waals surface area contributed by atoms with E-state index in [9.17, 15) is 4.79 Å². The van der Waals surface area contributed by atoms with Crippen LogP contribution in [0.3, 0.4) is 0 Å². The van der Waals surface area contributed by atoms with Crippen LogP contribution in [-0.2, 0) is 4.79 Å². The number of thiol groups is 1. The van der Waals surface area contributed by atoms with E-state index in [2.05, 4.69) is 17.9 Å². The van der Waals surface area contributed by atoms with Crippen molar-refractivity contribution >= 4 is 18.5 Å². The first-order valence-corrected chi connectivity index (χ1v) is 4.58. The van der Waals surface area contributed by atoms with Gasteiger partial charge in [-0.15, -0.1) is 0 Å². The largest absolute Gasteiger partial charge is 0.359 e. The molecule has 0 unspecified atom stereocenters. The van der Waals surface area contributed by atoms with Gasteiger partial charge in [0.1, 0.15) is 0 Å². The lowest BCUT2D eigenvalue weighted by Crippen LogP contribution is -2.38. The minimum Gasteiger partial charge on any atom is -0.359 e. The van der Waals surface area contributed by atoms with Gasteiger partial charge in [0.05, 0.1) is 0 Å². The Morgan fingerprint density at radius 3 is 2.00 bits per heavy atom. The summed E-state index contributed by atoms with van der Waals surface area (Å²) < 4.78 is -0.101. The molecule has 0 aliphatic carbocycles. The second-order valence-electron chi connectivity index (χ2n) is 4.45. The molecule has 0 fully saturated rings. The highest BCUT2D eigenvalue weighted by molar-refractivity contribution is 7.81. The lowest BCUT2D eigenvalue weighted by atomic mass is 9.83. The molecule has 0 atom stereocenters. The number of carbonyl (C=O) groups is 1. The molecular weight excluding hydrogens is 170 g/mol. The van der Waals surface area contributed by atoms with Gasteiger partial charge in [-0.2, -0.15) is 12.6 Å². The van der Waals surface area contributed by atoms with Gasteiger partial charge in [0.25, 0.3) is 0 Å². The van der Waals surface area contributed by atoms with E-state index in [0.717, 1.165) is 6.42 Å². The van der Waals surface area contributed by atoms with E-state index in [1.54, 1.807) is 7.05 Å². The molecule has 0 aliphatic heterocycles. The van der Waals surface area contributed by atoms with E-state index in [4.69, 9.17) is 0 Å². The minimum atomic E-state index is -0.333. The highest BCUT2D eigenvalue weighted by atomic mass is 32.1. The normalized spacial score (nSPS) is 12.8. The third-order valence-corrected chi connectivity index (χ3v) is 1.87. The van der Waals surface area contributed by atoms with Crippen molar-refractivity contribution in [2.24, 2.45) is 5.41 Å². The van der Waals surface area contributed by atoms with Crippen molar-refractivity contribution in [1.82, 2.24) is 5.32 Å². The zero-order chi connectivity index (χ0) is 9.99. The van der Waals surface area contributed by atoms with Crippen molar-refractivity contribution < 1.29 is 4.79 Å². The van der Waals surface area contributed by atoms with Crippen molar-refractivity contribution in [3.8, 4) is 0 Å². The number of hydrogen-bond acceptors (Lipinski definition) is 2. The Morgan fingerprint density at radius 1 is 1.33 bits per heavy atom. The van der Waals surface area contributed by atoms with Crippen LogP contribution in [0.1, 0.15) is 34.1 Å². The van der Waals surface area contributed by atoms with Gasteiger partial charge >= 0.3 is 0 Å². The summed E-state index contributed by atoms with van der Waals surface area (Å²) in [7, 11) is 1.66. The molecule has 3 heteroatoms. The highest BCUT2D eigenvalue weighted by Crippen LogP contribution is 2.31. The van der Waals surface area contributed by atoms with Crippen molar-refractivity contribution in [2.45, 2.75) is 38.9 Å². The molecule has 1 amide bonds. The summed E-state index contributed by atoms with van der Waals surface area (Å²) in [6, 6.07) is 0. The van der Waals surface area contributed by atoms with Gasteiger partial charge in [0, 0.05) is 17.2 Å². The summed E-state index contributed by atoms with van der Waals surface area (Å²) in [4.78, 5) is 11.4. The average molecular weight is 189 g/mol. The molecular formula is C9H19NOS. The Labute approximate surface area is 80.5 Å². The van der Waals surface area contributed by atoms with Crippen LogP contribution in [-0.4, -0.2) is 17.7 Å². The number of amides is 1. The highest BCUT2D eigenvalue weighted by Gasteiger charge is 2.31. The molecule has 0 spiro atoms. The van der Waals surface area contributed by atoms with Gasteiger partial charge in [0.15, 0.2) is 0 Å². The molecule has 0 aliphatic rings. The monoisotopic (exact) mass is 189 g/mol. The fourth-order valence-electron chi connectivity index (χ4n) is 1.50. The van der Waals surface area contributed by atoms with Crippen molar-refractivity contribution in [3.63, 3.8) is 0 Å². The Bertz CT molecular complexity index is 170. The van der Waals surface area contributed by atoms with Crippen LogP contribution in [0.25, 0.3) is 0 Å². The molecule has 2 nitrogen and oxygen atoms in total. The smallest absolute Gasteiger partial charge is 0.225 e. The second kappa shape index (κ2) is 3.69. The zero-order valence-electron chi connectivity index (χ0n) is 8.56. The van der Waals surface area contributed by atoms with E-state index in [0.29, 0.717) is 0 Å². The summed E-state index contributed by atoms with van der Waals surface area (Å²) >= 11 is 4.40. The maximum atomic E-state index is 11.4. The van der Waals surface area contributed by atoms with Crippen LogP contribution >= 0.6 is 12.6 Å². The molecule has 0 aromatic carbocycles. The Morgan fingerprint density at radius 2 is 1.75 bits per heavy atom. The number of hydrogen-bond donors (Lipinski definition) is 2. The van der Waals surface area contributed by atoms with Crippen LogP contribution < -0.4 is 5.32 Å². The zero-order valence-corrected chi connectivity index (χ0v) is 9.46. The van der Waals surface area contributed by atoms with Gasteiger partial charge < -0.3 is 5.32 Å². The quantitative estimate of drug-likeness (QED) is 0.652. The van der Waals surface area contributed by atoms with Crippen molar-refractivity contribution in [3.05, 3.63) is 0 Å². The molecule has 0 radical (unpaired) electrons. The van der Waals surface area contributed by atoms with E-state index >= 15 is 0 Å². The van der Waals surface area contributed by atoms with Gasteiger partial charge in [-0.25, -0.2) is 0 Å². The van der Waals surface area contributed by atoms with Crippen LogP contribution in [0.15, 0.2) is 0 Å². The molecule has 1 N–H and O–H groups in total. The third kappa shape index (κ3) is 4.00. The summed E-state index contributed by atoms with van der Waals surface area (Å²) in [5, 5.41) is 2.65. The van der Waals surface area contributed by atoms with Crippen LogP contribution in [0.5, 0.6) is 0 Å². The first-order chi connectivity index (χ1) is 5.19. The fraction of sp³-hybridized carbons (Fsp3) is 0.889. The number of carbonyl (C=O) groups excluding carboxylic acids is 1. The van der Waals surface area contributed by atoms with Gasteiger partial charge in [-0.3, -0.25) is 4.79 Å². The van der Waals surface area contributed by atoms with Gasteiger partial charge in [-0.05, 0) is 6.42 Å². The Balaban J connectivity index is 4.32. The van der Waals surface area contributed by atoms with Crippen molar-refractivity contribution in [1.29, 1.82) is 0 Å². The lowest BCUT2D eigenvalue weighted by Gasteiger charge is -2.29. The average Bonchev–Trinajstić information content (AvgIpc) is 1.80. The Hall–Kier alpha value is -0.180. The second-order valence-corrected chi connectivity index (χ2v) is 5.66. The molecule has 0 saturated heterocycles. The van der Waals surface area contributed by atoms with Crippen LogP contribution in [0.2, 0.25) is 0 Å². The first-order valence-electron chi connectivity index (χ1n) is 4.13. The molecule has 0 bridgehead atoms. The van der Waals surface area contributed by atoms with E-state index in [1.807, 2.05) is 27.7 Å². The molecule has 0 saturated carbocycles. The maximum absolute atomic E-state index is 11.4. The molecule has 0 aromatic heterocycles.